The van der Waals surface area contributed by atoms with E-state index < -0.39 is 23.9 Å². The van der Waals surface area contributed by atoms with Gasteiger partial charge in [0.25, 0.3) is 0 Å². The molecule has 192 valence electrons. The van der Waals surface area contributed by atoms with Gasteiger partial charge in [-0.15, -0.1) is 11.3 Å². The van der Waals surface area contributed by atoms with Crippen LogP contribution in [0.4, 0.5) is 0 Å². The molecule has 0 unspecified atom stereocenters. The Balaban J connectivity index is 1.49. The highest BCUT2D eigenvalue weighted by Gasteiger charge is 2.54. The molecule has 6 nitrogen and oxygen atoms in total. The zero-order valence-corrected chi connectivity index (χ0v) is 22.1. The Hall–Kier alpha value is -2.74. The van der Waals surface area contributed by atoms with E-state index in [0.29, 0.717) is 30.6 Å². The van der Waals surface area contributed by atoms with E-state index in [-0.39, 0.29) is 25.0 Å². The van der Waals surface area contributed by atoms with E-state index in [1.807, 2.05) is 57.3 Å². The fraction of sp³-hybridized carbons (Fsp3) is 0.448. The van der Waals surface area contributed by atoms with Crippen LogP contribution in [-0.2, 0) is 16.1 Å². The van der Waals surface area contributed by atoms with Gasteiger partial charge in [0.15, 0.2) is 0 Å². The Labute approximate surface area is 216 Å². The van der Waals surface area contributed by atoms with E-state index in [2.05, 4.69) is 6.08 Å². The molecule has 2 amide bonds. The van der Waals surface area contributed by atoms with Crippen LogP contribution in [0.25, 0.3) is 6.08 Å². The molecule has 0 spiro atoms. The summed E-state index contributed by atoms with van der Waals surface area (Å²) in [7, 11) is 0. The molecule has 4 rings (SSSR count). The first kappa shape index (κ1) is 26.3. The monoisotopic (exact) mass is 509 g/mol. The highest BCUT2D eigenvalue weighted by molar-refractivity contribution is 7.09. The summed E-state index contributed by atoms with van der Waals surface area (Å²) in [6, 6.07) is 7.67. The molecule has 0 radical (unpaired) electrons. The Morgan fingerprint density at radius 1 is 1.19 bits per heavy atom. The number of aryl methyl sites for hydroxylation is 2. The maximum Gasteiger partial charge on any atom is 0.234 e. The van der Waals surface area contributed by atoms with Crippen LogP contribution in [0, 0.1) is 31.6 Å². The van der Waals surface area contributed by atoms with Crippen LogP contribution >= 0.6 is 11.3 Å². The van der Waals surface area contributed by atoms with E-state index in [0.717, 1.165) is 32.7 Å². The van der Waals surface area contributed by atoms with Crippen molar-refractivity contribution in [1.29, 1.82) is 0 Å². The highest BCUT2D eigenvalue weighted by Crippen LogP contribution is 2.46. The third-order valence-corrected chi connectivity index (χ3v) is 8.47. The van der Waals surface area contributed by atoms with Gasteiger partial charge in [0.1, 0.15) is 5.75 Å². The van der Waals surface area contributed by atoms with E-state index >= 15 is 0 Å². The number of carbonyl (C=O) groups excluding carboxylic acids is 2. The molecular formula is C29H35NO5S. The summed E-state index contributed by atoms with van der Waals surface area (Å²) >= 11 is 1.51. The Morgan fingerprint density at radius 2 is 1.89 bits per heavy atom. The van der Waals surface area contributed by atoms with Crippen LogP contribution in [0.5, 0.6) is 5.75 Å². The summed E-state index contributed by atoms with van der Waals surface area (Å²) in [5.74, 6) is -1.78. The number of fused-ring (bicyclic) bond motifs is 1. The van der Waals surface area contributed by atoms with Gasteiger partial charge < -0.3 is 15.3 Å². The standard InChI is InChI=1S/C29H35NO5S/c1-16(10-20-11-18(3)27(33)19(4)12-20)7-8-24(32)25-17(2)13-22-26(23(25)15-31)29(35)30(28(22)34)14-21-6-5-9-36-21/h5-6,9-12,22-24,26,31-33H,7-8,13-15H2,1-4H3/b16-10+/t22-,23+,24-,26-/m1/s1. The van der Waals surface area contributed by atoms with Crippen LogP contribution in [0.3, 0.4) is 0 Å². The number of benzene rings is 1. The zero-order valence-electron chi connectivity index (χ0n) is 21.3. The van der Waals surface area contributed by atoms with Crippen LogP contribution in [0.1, 0.15) is 54.7 Å². The fourth-order valence-corrected chi connectivity index (χ4v) is 6.54. The number of carbonyl (C=O) groups is 2. The largest absolute Gasteiger partial charge is 0.507 e. The molecule has 7 heteroatoms. The Morgan fingerprint density at radius 3 is 2.50 bits per heavy atom. The van der Waals surface area contributed by atoms with E-state index in [1.165, 1.54) is 16.2 Å². The second kappa shape index (κ2) is 10.7. The molecule has 2 heterocycles. The molecule has 1 aliphatic heterocycles. The van der Waals surface area contributed by atoms with E-state index in [4.69, 9.17) is 0 Å². The fourth-order valence-electron chi connectivity index (χ4n) is 5.85. The van der Waals surface area contributed by atoms with Crippen molar-refractivity contribution < 1.29 is 24.9 Å². The predicted octanol–water partition coefficient (Wildman–Crippen LogP) is 4.75. The lowest BCUT2D eigenvalue weighted by atomic mass is 9.68. The van der Waals surface area contributed by atoms with Gasteiger partial charge in [0.2, 0.25) is 11.8 Å². The van der Waals surface area contributed by atoms with Crippen molar-refractivity contribution in [3.8, 4) is 5.75 Å². The van der Waals surface area contributed by atoms with E-state index in [9.17, 15) is 24.9 Å². The summed E-state index contributed by atoms with van der Waals surface area (Å²) in [5, 5.41) is 33.4. The molecule has 1 saturated heterocycles. The molecule has 0 saturated carbocycles. The van der Waals surface area contributed by atoms with E-state index in [1.54, 1.807) is 0 Å². The average molecular weight is 510 g/mol. The third-order valence-electron chi connectivity index (χ3n) is 7.61. The predicted molar refractivity (Wildman–Crippen MR) is 141 cm³/mol. The summed E-state index contributed by atoms with van der Waals surface area (Å²) < 4.78 is 0. The number of nitrogens with zero attached hydrogens (tertiary/aromatic N) is 1. The molecule has 3 N–H and O–H groups in total. The van der Waals surface area contributed by atoms with Crippen molar-refractivity contribution in [3.63, 3.8) is 0 Å². The number of aliphatic hydroxyl groups is 2. The number of phenolic OH excluding ortho intramolecular Hbond substituents is 1. The number of likely N-dealkylation sites (tertiary alicyclic amines) is 1. The van der Waals surface area contributed by atoms with Gasteiger partial charge >= 0.3 is 0 Å². The normalized spacial score (nSPS) is 23.4. The number of allylic oxidation sites excluding steroid dienone is 2. The number of imide groups is 1. The van der Waals surface area contributed by atoms with Gasteiger partial charge in [-0.2, -0.15) is 0 Å². The minimum absolute atomic E-state index is 0.178. The smallest absolute Gasteiger partial charge is 0.234 e. The van der Waals surface area contributed by atoms with Crippen molar-refractivity contribution in [2.75, 3.05) is 6.61 Å². The first-order valence-corrected chi connectivity index (χ1v) is 13.3. The minimum atomic E-state index is -0.802. The number of hydrogen-bond acceptors (Lipinski definition) is 6. The molecule has 1 fully saturated rings. The molecular weight excluding hydrogens is 474 g/mol. The lowest BCUT2D eigenvalue weighted by Crippen LogP contribution is -2.38. The summed E-state index contributed by atoms with van der Waals surface area (Å²) in [5.41, 5.74) is 5.33. The SMILES string of the molecule is CC1=C([C@H](O)CC/C(C)=C/c2cc(C)c(O)c(C)c2)[C@H](CO)[C@@H]2C(=O)N(Cc3cccs3)C(=O)[C@@H]2C1. The lowest BCUT2D eigenvalue weighted by Gasteiger charge is -2.35. The average Bonchev–Trinajstić information content (AvgIpc) is 3.43. The van der Waals surface area contributed by atoms with Gasteiger partial charge in [0, 0.05) is 10.8 Å². The lowest BCUT2D eigenvalue weighted by molar-refractivity contribution is -0.140. The summed E-state index contributed by atoms with van der Waals surface area (Å²) in [6.07, 6.45) is 2.78. The Bertz CT molecular complexity index is 1190. The maximum absolute atomic E-state index is 13.3. The van der Waals surface area contributed by atoms with Crippen LogP contribution in [0.15, 0.2) is 46.4 Å². The molecule has 0 bridgehead atoms. The topological polar surface area (TPSA) is 98.1 Å². The van der Waals surface area contributed by atoms with Crippen LogP contribution in [-0.4, -0.2) is 44.7 Å². The quantitative estimate of drug-likeness (QED) is 0.353. The molecule has 2 aromatic rings. The number of aromatic hydroxyl groups is 1. The van der Waals surface area contributed by atoms with Gasteiger partial charge in [0.05, 0.1) is 31.1 Å². The summed E-state index contributed by atoms with van der Waals surface area (Å²) in [4.78, 5) is 28.8. The highest BCUT2D eigenvalue weighted by atomic mass is 32.1. The van der Waals surface area contributed by atoms with Gasteiger partial charge in [-0.25, -0.2) is 0 Å². The number of phenols is 1. The molecule has 1 aliphatic carbocycles. The van der Waals surface area contributed by atoms with Gasteiger partial charge in [-0.3, -0.25) is 14.5 Å². The van der Waals surface area contributed by atoms with Crippen LogP contribution < -0.4 is 0 Å². The van der Waals surface area contributed by atoms with Crippen molar-refractivity contribution in [2.24, 2.45) is 17.8 Å². The number of rotatable bonds is 8. The number of hydrogen-bond donors (Lipinski definition) is 3. The maximum atomic E-state index is 13.3. The molecule has 4 atom stereocenters. The van der Waals surface area contributed by atoms with Crippen molar-refractivity contribution >= 4 is 29.2 Å². The van der Waals surface area contributed by atoms with Gasteiger partial charge in [-0.1, -0.05) is 23.3 Å². The van der Waals surface area contributed by atoms with Crippen molar-refractivity contribution in [1.82, 2.24) is 4.90 Å². The molecule has 2 aliphatic rings. The molecule has 36 heavy (non-hydrogen) atoms. The Kier molecular flexibility index (Phi) is 7.83. The summed E-state index contributed by atoms with van der Waals surface area (Å²) in [6.45, 7) is 7.64. The number of amides is 2. The second-order valence-corrected chi connectivity index (χ2v) is 11.3. The first-order chi connectivity index (χ1) is 17.1. The minimum Gasteiger partial charge on any atom is -0.507 e. The third kappa shape index (κ3) is 5.05. The molecule has 1 aromatic carbocycles. The first-order valence-electron chi connectivity index (χ1n) is 12.5. The van der Waals surface area contributed by atoms with Crippen LogP contribution in [0.2, 0.25) is 0 Å². The molecule has 1 aromatic heterocycles. The van der Waals surface area contributed by atoms with Crippen molar-refractivity contribution in [3.05, 3.63) is 67.9 Å². The van der Waals surface area contributed by atoms with Crippen molar-refractivity contribution in [2.45, 2.75) is 59.6 Å². The zero-order chi connectivity index (χ0) is 26.1. The van der Waals surface area contributed by atoms with Gasteiger partial charge in [-0.05, 0) is 92.8 Å². The number of thiophene rings is 1. The second-order valence-electron chi connectivity index (χ2n) is 10.3. The number of aliphatic hydroxyl groups excluding tert-OH is 2.